The van der Waals surface area contributed by atoms with E-state index < -0.39 is 5.06 Å². The third kappa shape index (κ3) is 1.91. The fourth-order valence-electron chi connectivity index (χ4n) is 0.770. The van der Waals surface area contributed by atoms with Gasteiger partial charge in [-0.2, -0.15) is 0 Å². The maximum Gasteiger partial charge on any atom is 0.181 e. The van der Waals surface area contributed by atoms with Gasteiger partial charge in [0.25, 0.3) is 0 Å². The second-order valence-corrected chi connectivity index (χ2v) is 2.95. The van der Waals surface area contributed by atoms with E-state index in [0.29, 0.717) is 12.1 Å². The maximum atomic E-state index is 9.50. The van der Waals surface area contributed by atoms with E-state index in [1.807, 2.05) is 6.92 Å². The lowest BCUT2D eigenvalue weighted by molar-refractivity contribution is 0.119. The Kier molecular flexibility index (Phi) is 2.47. The van der Waals surface area contributed by atoms with Crippen LogP contribution in [0.1, 0.15) is 19.0 Å². The minimum absolute atomic E-state index is 0.450. The van der Waals surface area contributed by atoms with Crippen molar-refractivity contribution >= 4 is 11.6 Å². The highest BCUT2D eigenvalue weighted by Crippen LogP contribution is 2.26. The standard InChI is InChI=1S/C8H10ClNO/c1-2-8(9,11)7-5-3-4-6-10-7/h3-6,11H,2H2,1H3. The molecule has 0 aliphatic rings. The van der Waals surface area contributed by atoms with Crippen molar-refractivity contribution in [2.24, 2.45) is 0 Å². The lowest BCUT2D eigenvalue weighted by atomic mass is 10.2. The van der Waals surface area contributed by atoms with Crippen molar-refractivity contribution in [3.8, 4) is 0 Å². The second kappa shape index (κ2) is 3.20. The molecule has 0 saturated heterocycles. The first kappa shape index (κ1) is 8.50. The number of aromatic nitrogens is 1. The summed E-state index contributed by atoms with van der Waals surface area (Å²) in [7, 11) is 0. The van der Waals surface area contributed by atoms with Gasteiger partial charge >= 0.3 is 0 Å². The van der Waals surface area contributed by atoms with E-state index in [1.165, 1.54) is 0 Å². The normalized spacial score (nSPS) is 15.9. The van der Waals surface area contributed by atoms with Gasteiger partial charge in [-0.1, -0.05) is 24.6 Å². The molecule has 1 rings (SSSR count). The monoisotopic (exact) mass is 171 g/mol. The van der Waals surface area contributed by atoms with Crippen LogP contribution in [0.3, 0.4) is 0 Å². The van der Waals surface area contributed by atoms with Crippen molar-refractivity contribution in [1.29, 1.82) is 0 Å². The van der Waals surface area contributed by atoms with Gasteiger partial charge in [-0.3, -0.25) is 4.98 Å². The number of aliphatic hydroxyl groups is 1. The van der Waals surface area contributed by atoms with Gasteiger partial charge in [0, 0.05) is 6.20 Å². The Morgan fingerprint density at radius 1 is 1.64 bits per heavy atom. The molecule has 3 heteroatoms. The Morgan fingerprint density at radius 3 is 2.82 bits per heavy atom. The van der Waals surface area contributed by atoms with E-state index in [4.69, 9.17) is 11.6 Å². The smallest absolute Gasteiger partial charge is 0.181 e. The van der Waals surface area contributed by atoms with Crippen LogP contribution in [0.25, 0.3) is 0 Å². The largest absolute Gasteiger partial charge is 0.370 e. The Balaban J connectivity index is 2.93. The summed E-state index contributed by atoms with van der Waals surface area (Å²) < 4.78 is 0. The zero-order valence-electron chi connectivity index (χ0n) is 6.29. The average Bonchev–Trinajstić information content (AvgIpc) is 2.06. The summed E-state index contributed by atoms with van der Waals surface area (Å²) in [6.07, 6.45) is 2.06. The average molecular weight is 172 g/mol. The molecule has 0 spiro atoms. The van der Waals surface area contributed by atoms with Crippen molar-refractivity contribution in [3.05, 3.63) is 30.1 Å². The topological polar surface area (TPSA) is 33.1 Å². The lowest BCUT2D eigenvalue weighted by Crippen LogP contribution is -2.17. The first-order valence-corrected chi connectivity index (χ1v) is 3.87. The SMILES string of the molecule is CCC(O)(Cl)c1ccccn1. The minimum atomic E-state index is -1.30. The van der Waals surface area contributed by atoms with E-state index >= 15 is 0 Å². The Morgan fingerprint density at radius 2 is 2.36 bits per heavy atom. The molecule has 1 N–H and O–H groups in total. The number of nitrogens with zero attached hydrogens (tertiary/aromatic N) is 1. The van der Waals surface area contributed by atoms with Crippen molar-refractivity contribution in [2.45, 2.75) is 18.4 Å². The molecule has 0 aliphatic heterocycles. The highest BCUT2D eigenvalue weighted by atomic mass is 35.5. The molecule has 1 aromatic heterocycles. The number of hydrogen-bond acceptors (Lipinski definition) is 2. The molecule has 11 heavy (non-hydrogen) atoms. The van der Waals surface area contributed by atoms with Crippen molar-refractivity contribution < 1.29 is 5.11 Å². The Labute approximate surface area is 70.8 Å². The Bertz CT molecular complexity index is 223. The van der Waals surface area contributed by atoms with Gasteiger partial charge in [-0.05, 0) is 18.6 Å². The van der Waals surface area contributed by atoms with Crippen LogP contribution in [-0.4, -0.2) is 10.1 Å². The molecule has 0 aliphatic carbocycles. The van der Waals surface area contributed by atoms with E-state index in [9.17, 15) is 5.11 Å². The molecule has 0 radical (unpaired) electrons. The summed E-state index contributed by atoms with van der Waals surface area (Å²) in [5.41, 5.74) is 0.504. The van der Waals surface area contributed by atoms with Crippen LogP contribution in [0.2, 0.25) is 0 Å². The molecule has 1 heterocycles. The van der Waals surface area contributed by atoms with Gasteiger partial charge in [-0.15, -0.1) is 0 Å². The highest BCUT2D eigenvalue weighted by molar-refractivity contribution is 6.22. The predicted molar refractivity (Wildman–Crippen MR) is 44.3 cm³/mol. The third-order valence-corrected chi connectivity index (χ3v) is 1.99. The van der Waals surface area contributed by atoms with Crippen LogP contribution in [0.4, 0.5) is 0 Å². The summed E-state index contributed by atoms with van der Waals surface area (Å²) in [5, 5.41) is 8.19. The van der Waals surface area contributed by atoms with E-state index in [1.54, 1.807) is 24.4 Å². The van der Waals surface area contributed by atoms with Crippen molar-refractivity contribution in [3.63, 3.8) is 0 Å². The van der Waals surface area contributed by atoms with E-state index in [-0.39, 0.29) is 0 Å². The van der Waals surface area contributed by atoms with Crippen molar-refractivity contribution in [2.75, 3.05) is 0 Å². The number of halogens is 1. The summed E-state index contributed by atoms with van der Waals surface area (Å²) in [5.74, 6) is 0. The molecule has 0 amide bonds. The van der Waals surface area contributed by atoms with Gasteiger partial charge in [0.1, 0.15) is 0 Å². The van der Waals surface area contributed by atoms with E-state index in [2.05, 4.69) is 4.98 Å². The maximum absolute atomic E-state index is 9.50. The number of alkyl halides is 1. The van der Waals surface area contributed by atoms with Crippen LogP contribution in [0, 0.1) is 0 Å². The Hall–Kier alpha value is -0.600. The van der Waals surface area contributed by atoms with Crippen LogP contribution < -0.4 is 0 Å². The molecule has 0 aromatic carbocycles. The first-order valence-electron chi connectivity index (χ1n) is 3.49. The van der Waals surface area contributed by atoms with Crippen molar-refractivity contribution in [1.82, 2.24) is 4.98 Å². The summed E-state index contributed by atoms with van der Waals surface area (Å²) >= 11 is 5.74. The molecule has 1 unspecified atom stereocenters. The zero-order valence-corrected chi connectivity index (χ0v) is 7.04. The molecule has 1 atom stereocenters. The van der Waals surface area contributed by atoms with Crippen LogP contribution >= 0.6 is 11.6 Å². The number of pyridine rings is 1. The summed E-state index contributed by atoms with van der Waals surface area (Å²) in [4.78, 5) is 3.94. The lowest BCUT2D eigenvalue weighted by Gasteiger charge is -2.16. The first-order chi connectivity index (χ1) is 5.17. The minimum Gasteiger partial charge on any atom is -0.370 e. The van der Waals surface area contributed by atoms with Gasteiger partial charge in [-0.25, -0.2) is 0 Å². The molecule has 60 valence electrons. The highest BCUT2D eigenvalue weighted by Gasteiger charge is 2.24. The fourth-order valence-corrected chi connectivity index (χ4v) is 0.882. The van der Waals surface area contributed by atoms with Crippen LogP contribution in [0.15, 0.2) is 24.4 Å². The molecule has 1 aromatic rings. The molecular formula is C8H10ClNO. The predicted octanol–water partition coefficient (Wildman–Crippen LogP) is 1.88. The summed E-state index contributed by atoms with van der Waals surface area (Å²) in [6, 6.07) is 5.29. The van der Waals surface area contributed by atoms with Gasteiger partial charge in [0.05, 0.1) is 5.69 Å². The molecule has 0 fully saturated rings. The zero-order chi connectivity index (χ0) is 8.32. The number of hydrogen-bond donors (Lipinski definition) is 1. The van der Waals surface area contributed by atoms with Crippen LogP contribution in [0.5, 0.6) is 0 Å². The molecule has 0 saturated carbocycles. The third-order valence-electron chi connectivity index (χ3n) is 1.53. The molecular weight excluding hydrogens is 162 g/mol. The van der Waals surface area contributed by atoms with Gasteiger partial charge < -0.3 is 5.11 Å². The quantitative estimate of drug-likeness (QED) is 0.690. The van der Waals surface area contributed by atoms with Gasteiger partial charge in [0.15, 0.2) is 5.06 Å². The van der Waals surface area contributed by atoms with Gasteiger partial charge in [0.2, 0.25) is 0 Å². The number of rotatable bonds is 2. The molecule has 0 bridgehead atoms. The summed E-state index contributed by atoms with van der Waals surface area (Å²) in [6.45, 7) is 1.81. The fraction of sp³-hybridized carbons (Fsp3) is 0.375. The molecule has 2 nitrogen and oxygen atoms in total. The second-order valence-electron chi connectivity index (χ2n) is 2.33. The van der Waals surface area contributed by atoms with E-state index in [0.717, 1.165) is 0 Å². The van der Waals surface area contributed by atoms with Crippen LogP contribution in [-0.2, 0) is 5.06 Å².